The number of nitrogens with zero attached hydrogens (tertiary/aromatic N) is 1. The van der Waals surface area contributed by atoms with Crippen molar-refractivity contribution in [2.75, 3.05) is 13.1 Å². The predicted molar refractivity (Wildman–Crippen MR) is 84.8 cm³/mol. The van der Waals surface area contributed by atoms with E-state index in [4.69, 9.17) is 5.73 Å². The van der Waals surface area contributed by atoms with Crippen molar-refractivity contribution in [2.24, 2.45) is 11.7 Å². The highest BCUT2D eigenvalue weighted by molar-refractivity contribution is 5.20. The van der Waals surface area contributed by atoms with Gasteiger partial charge < -0.3 is 5.73 Å². The Labute approximate surface area is 123 Å². The lowest BCUT2D eigenvalue weighted by atomic mass is 9.80. The van der Waals surface area contributed by atoms with Gasteiger partial charge in [0.2, 0.25) is 0 Å². The van der Waals surface area contributed by atoms with E-state index in [1.165, 1.54) is 44.2 Å². The van der Waals surface area contributed by atoms with Crippen LogP contribution in [0.3, 0.4) is 0 Å². The van der Waals surface area contributed by atoms with Gasteiger partial charge in [0, 0.05) is 25.2 Å². The molecule has 1 aliphatic carbocycles. The van der Waals surface area contributed by atoms with Crippen molar-refractivity contribution < 1.29 is 0 Å². The molecule has 1 aliphatic heterocycles. The Bertz CT molecular complexity index is 399. The van der Waals surface area contributed by atoms with Gasteiger partial charge in [0.15, 0.2) is 0 Å². The summed E-state index contributed by atoms with van der Waals surface area (Å²) in [5, 5.41) is 0. The van der Waals surface area contributed by atoms with E-state index in [1.807, 2.05) is 0 Å². The van der Waals surface area contributed by atoms with Gasteiger partial charge in [-0.2, -0.15) is 0 Å². The van der Waals surface area contributed by atoms with Gasteiger partial charge in [-0.3, -0.25) is 4.90 Å². The number of hydrogen-bond donors (Lipinski definition) is 1. The van der Waals surface area contributed by atoms with Crippen LogP contribution in [0, 0.1) is 5.92 Å². The highest BCUT2D eigenvalue weighted by Gasteiger charge is 2.31. The Morgan fingerprint density at radius 3 is 2.35 bits per heavy atom. The lowest BCUT2D eigenvalue weighted by Gasteiger charge is -2.42. The predicted octanol–water partition coefficient (Wildman–Crippen LogP) is 3.38. The van der Waals surface area contributed by atoms with E-state index in [1.54, 1.807) is 0 Å². The molecule has 0 amide bonds. The van der Waals surface area contributed by atoms with E-state index in [0.717, 1.165) is 24.4 Å². The molecule has 3 rings (SSSR count). The minimum atomic E-state index is 0.394. The molecule has 1 heterocycles. The fourth-order valence-corrected chi connectivity index (χ4v) is 4.24. The van der Waals surface area contributed by atoms with Crippen molar-refractivity contribution in [2.45, 2.75) is 57.0 Å². The minimum Gasteiger partial charge on any atom is -0.327 e. The quantitative estimate of drug-likeness (QED) is 0.894. The molecule has 2 N–H and O–H groups in total. The molecule has 1 aromatic carbocycles. The Kier molecular flexibility index (Phi) is 4.42. The average Bonchev–Trinajstić information content (AvgIpc) is 2.47. The molecule has 1 saturated carbocycles. The van der Waals surface area contributed by atoms with E-state index >= 15 is 0 Å². The zero-order valence-electron chi connectivity index (χ0n) is 12.7. The summed E-state index contributed by atoms with van der Waals surface area (Å²) >= 11 is 0. The maximum Gasteiger partial charge on any atom is 0.0170 e. The third-order valence-electron chi connectivity index (χ3n) is 5.20. The van der Waals surface area contributed by atoms with Crippen LogP contribution in [0.4, 0.5) is 0 Å². The summed E-state index contributed by atoms with van der Waals surface area (Å²) in [5.41, 5.74) is 7.74. The number of hydrogen-bond acceptors (Lipinski definition) is 2. The van der Waals surface area contributed by atoms with Gasteiger partial charge in [-0.15, -0.1) is 0 Å². The van der Waals surface area contributed by atoms with Crippen molar-refractivity contribution in [3.05, 3.63) is 35.9 Å². The zero-order valence-corrected chi connectivity index (χ0v) is 12.7. The smallest absolute Gasteiger partial charge is 0.0170 e. The summed E-state index contributed by atoms with van der Waals surface area (Å²) in [5.74, 6) is 1.55. The van der Waals surface area contributed by atoms with Crippen molar-refractivity contribution in [3.8, 4) is 0 Å². The molecule has 2 nitrogen and oxygen atoms in total. The molecule has 1 saturated heterocycles. The molecule has 20 heavy (non-hydrogen) atoms. The molecule has 0 radical (unpaired) electrons. The zero-order chi connectivity index (χ0) is 13.9. The summed E-state index contributed by atoms with van der Waals surface area (Å²) in [6.07, 6.45) is 6.58. The summed E-state index contributed by atoms with van der Waals surface area (Å²) in [7, 11) is 0. The van der Waals surface area contributed by atoms with Crippen molar-refractivity contribution in [3.63, 3.8) is 0 Å². The van der Waals surface area contributed by atoms with Crippen LogP contribution in [0.15, 0.2) is 30.3 Å². The van der Waals surface area contributed by atoms with Gasteiger partial charge in [0.1, 0.15) is 0 Å². The van der Waals surface area contributed by atoms with Crippen molar-refractivity contribution >= 4 is 0 Å². The van der Waals surface area contributed by atoms with Crippen LogP contribution >= 0.6 is 0 Å². The molecule has 2 aliphatic rings. The van der Waals surface area contributed by atoms with Crippen LogP contribution in [0.2, 0.25) is 0 Å². The molecule has 2 atom stereocenters. The molecule has 0 bridgehead atoms. The number of benzene rings is 1. The van der Waals surface area contributed by atoms with E-state index < -0.39 is 0 Å². The fraction of sp³-hybridized carbons (Fsp3) is 0.667. The number of piperidine rings is 1. The molecule has 0 aromatic heterocycles. The Morgan fingerprint density at radius 1 is 1.00 bits per heavy atom. The first kappa shape index (κ1) is 14.1. The second-order valence-electron chi connectivity index (χ2n) is 6.97. The number of rotatable bonds is 2. The highest BCUT2D eigenvalue weighted by atomic mass is 15.2. The number of nitrogens with two attached hydrogens (primary N) is 1. The van der Waals surface area contributed by atoms with E-state index in [9.17, 15) is 0 Å². The van der Waals surface area contributed by atoms with Gasteiger partial charge in [-0.05, 0) is 49.5 Å². The van der Waals surface area contributed by atoms with Gasteiger partial charge in [0.25, 0.3) is 0 Å². The maximum atomic E-state index is 6.20. The van der Waals surface area contributed by atoms with Gasteiger partial charge >= 0.3 is 0 Å². The second kappa shape index (κ2) is 6.28. The molecule has 0 spiro atoms. The Balaban J connectivity index is 1.56. The van der Waals surface area contributed by atoms with Crippen molar-refractivity contribution in [1.29, 1.82) is 0 Å². The fourth-order valence-electron chi connectivity index (χ4n) is 4.24. The lowest BCUT2D eigenvalue weighted by Crippen LogP contribution is -2.51. The van der Waals surface area contributed by atoms with E-state index in [0.29, 0.717) is 6.04 Å². The second-order valence-corrected chi connectivity index (χ2v) is 6.97. The highest BCUT2D eigenvalue weighted by Crippen LogP contribution is 2.35. The third-order valence-corrected chi connectivity index (χ3v) is 5.20. The summed E-state index contributed by atoms with van der Waals surface area (Å²) < 4.78 is 0. The Hall–Kier alpha value is -0.860. The summed E-state index contributed by atoms with van der Waals surface area (Å²) in [6.45, 7) is 4.72. The molecule has 1 aromatic rings. The third kappa shape index (κ3) is 3.24. The average molecular weight is 272 g/mol. The standard InChI is InChI=1S/C18H28N2/c1-14-11-17(19)13-20(12-14)18-9-7-16(8-10-18)15-5-3-2-4-6-15/h2-6,14,16-18H,7-13,19H2,1H3. The van der Waals surface area contributed by atoms with Crippen LogP contribution in [0.1, 0.15) is 50.5 Å². The van der Waals surface area contributed by atoms with Crippen LogP contribution in [-0.2, 0) is 0 Å². The maximum absolute atomic E-state index is 6.20. The normalized spacial score (nSPS) is 35.9. The van der Waals surface area contributed by atoms with Crippen molar-refractivity contribution in [1.82, 2.24) is 4.90 Å². The summed E-state index contributed by atoms with van der Waals surface area (Å²) in [6, 6.07) is 12.2. The molecule has 110 valence electrons. The first-order valence-corrected chi connectivity index (χ1v) is 8.27. The molecule has 2 fully saturated rings. The first-order chi connectivity index (χ1) is 9.72. The topological polar surface area (TPSA) is 29.3 Å². The van der Waals surface area contributed by atoms with Gasteiger partial charge in [-0.25, -0.2) is 0 Å². The van der Waals surface area contributed by atoms with Crippen LogP contribution < -0.4 is 5.73 Å². The SMILES string of the molecule is CC1CC(N)CN(C2CCC(c3ccccc3)CC2)C1. The van der Waals surface area contributed by atoms with Gasteiger partial charge in [-0.1, -0.05) is 37.3 Å². The molecular weight excluding hydrogens is 244 g/mol. The first-order valence-electron chi connectivity index (χ1n) is 8.27. The van der Waals surface area contributed by atoms with E-state index in [2.05, 4.69) is 42.2 Å². The lowest BCUT2D eigenvalue weighted by molar-refractivity contribution is 0.0888. The van der Waals surface area contributed by atoms with Crippen LogP contribution in [0.25, 0.3) is 0 Å². The number of likely N-dealkylation sites (tertiary alicyclic amines) is 1. The molecular formula is C18H28N2. The largest absolute Gasteiger partial charge is 0.327 e. The monoisotopic (exact) mass is 272 g/mol. The van der Waals surface area contributed by atoms with Crippen LogP contribution in [-0.4, -0.2) is 30.1 Å². The Morgan fingerprint density at radius 2 is 1.70 bits per heavy atom. The minimum absolute atomic E-state index is 0.394. The molecule has 2 unspecified atom stereocenters. The summed E-state index contributed by atoms with van der Waals surface area (Å²) in [4.78, 5) is 2.68. The van der Waals surface area contributed by atoms with Crippen LogP contribution in [0.5, 0.6) is 0 Å². The van der Waals surface area contributed by atoms with E-state index in [-0.39, 0.29) is 0 Å². The van der Waals surface area contributed by atoms with Gasteiger partial charge in [0.05, 0.1) is 0 Å². The molecule has 2 heteroatoms.